The lowest BCUT2D eigenvalue weighted by Gasteiger charge is -2.21. The summed E-state index contributed by atoms with van der Waals surface area (Å²) in [5.74, 6) is 0. The average Bonchev–Trinajstić information content (AvgIpc) is 3.00. The molecule has 80 valence electrons. The minimum atomic E-state index is 0.410. The van der Waals surface area contributed by atoms with Crippen molar-refractivity contribution in [2.45, 2.75) is 45.1 Å². The molecule has 0 aromatic rings. The Kier molecular flexibility index (Phi) is 3.12. The first-order valence-electron chi connectivity index (χ1n) is 5.86. The minimum Gasteiger partial charge on any atom is -0.497 e. The van der Waals surface area contributed by atoms with Crippen LogP contribution in [0, 0.1) is 5.41 Å². The van der Waals surface area contributed by atoms with Crippen LogP contribution < -0.4 is 5.32 Å². The van der Waals surface area contributed by atoms with E-state index in [1.54, 1.807) is 0 Å². The Morgan fingerprint density at radius 1 is 1.50 bits per heavy atom. The van der Waals surface area contributed by atoms with Gasteiger partial charge in [0.05, 0.1) is 6.26 Å². The molecule has 2 nitrogen and oxygen atoms in total. The number of ether oxygens (including phenoxy) is 1. The molecule has 2 rings (SSSR count). The monoisotopic (exact) mass is 195 g/mol. The van der Waals surface area contributed by atoms with Crippen molar-refractivity contribution in [2.24, 2.45) is 5.41 Å². The first-order chi connectivity index (χ1) is 6.85. The van der Waals surface area contributed by atoms with Gasteiger partial charge in [0.25, 0.3) is 0 Å². The van der Waals surface area contributed by atoms with E-state index < -0.39 is 0 Å². The van der Waals surface area contributed by atoms with Gasteiger partial charge in [0.2, 0.25) is 0 Å². The maximum Gasteiger partial charge on any atom is 0.110 e. The second-order valence-electron chi connectivity index (χ2n) is 4.69. The van der Waals surface area contributed by atoms with Gasteiger partial charge in [-0.2, -0.15) is 0 Å². The first kappa shape index (κ1) is 10.0. The van der Waals surface area contributed by atoms with E-state index in [0.29, 0.717) is 11.5 Å². The van der Waals surface area contributed by atoms with Gasteiger partial charge in [-0.3, -0.25) is 0 Å². The summed E-state index contributed by atoms with van der Waals surface area (Å²) in [7, 11) is 0. The number of allylic oxidation sites excluding steroid dienone is 1. The summed E-state index contributed by atoms with van der Waals surface area (Å²) < 4.78 is 5.50. The maximum atomic E-state index is 5.50. The van der Waals surface area contributed by atoms with Crippen LogP contribution in [0.5, 0.6) is 0 Å². The first-order valence-corrected chi connectivity index (χ1v) is 5.86. The van der Waals surface area contributed by atoms with Crippen LogP contribution in [-0.4, -0.2) is 19.2 Å². The molecule has 1 unspecified atom stereocenters. The van der Waals surface area contributed by atoms with Gasteiger partial charge in [0.15, 0.2) is 0 Å². The van der Waals surface area contributed by atoms with Crippen LogP contribution in [0.1, 0.15) is 39.0 Å². The van der Waals surface area contributed by atoms with Gasteiger partial charge in [-0.15, -0.1) is 0 Å². The highest BCUT2D eigenvalue weighted by atomic mass is 16.5. The maximum absolute atomic E-state index is 5.50. The molecule has 1 fully saturated rings. The Labute approximate surface area is 86.7 Å². The van der Waals surface area contributed by atoms with Crippen LogP contribution in [0.15, 0.2) is 12.3 Å². The van der Waals surface area contributed by atoms with Gasteiger partial charge in [-0.1, -0.05) is 6.92 Å². The summed E-state index contributed by atoms with van der Waals surface area (Å²) in [6.45, 7) is 4.51. The van der Waals surface area contributed by atoms with Crippen LogP contribution in [-0.2, 0) is 4.74 Å². The lowest BCUT2D eigenvalue weighted by molar-refractivity contribution is 0.121. The normalized spacial score (nSPS) is 28.5. The molecule has 1 heterocycles. The molecule has 1 atom stereocenters. The van der Waals surface area contributed by atoms with E-state index in [2.05, 4.69) is 18.3 Å². The van der Waals surface area contributed by atoms with Gasteiger partial charge in [0.1, 0.15) is 6.10 Å². The molecule has 1 aliphatic heterocycles. The average molecular weight is 195 g/mol. The molecule has 2 heteroatoms. The molecule has 14 heavy (non-hydrogen) atoms. The number of hydrogen-bond donors (Lipinski definition) is 1. The van der Waals surface area contributed by atoms with Crippen molar-refractivity contribution in [2.75, 3.05) is 13.1 Å². The molecule has 0 saturated heterocycles. The van der Waals surface area contributed by atoms with E-state index in [-0.39, 0.29) is 0 Å². The second-order valence-corrected chi connectivity index (χ2v) is 4.69. The molecule has 1 saturated carbocycles. The highest BCUT2D eigenvalue weighted by molar-refractivity contribution is 4.94. The van der Waals surface area contributed by atoms with Crippen LogP contribution in [0.25, 0.3) is 0 Å². The van der Waals surface area contributed by atoms with Gasteiger partial charge in [-0.25, -0.2) is 0 Å². The Balaban J connectivity index is 1.60. The van der Waals surface area contributed by atoms with E-state index in [9.17, 15) is 0 Å². The molecule has 1 aliphatic carbocycles. The molecule has 0 amide bonds. The van der Waals surface area contributed by atoms with Crippen molar-refractivity contribution in [3.05, 3.63) is 12.3 Å². The van der Waals surface area contributed by atoms with Gasteiger partial charge in [0, 0.05) is 13.1 Å². The van der Waals surface area contributed by atoms with Gasteiger partial charge in [-0.05, 0) is 43.6 Å². The Morgan fingerprint density at radius 2 is 2.36 bits per heavy atom. The van der Waals surface area contributed by atoms with Crippen molar-refractivity contribution < 1.29 is 4.74 Å². The SMILES string of the molecule is CCC1(CNCC2CCC=CO2)CC1. The zero-order valence-electron chi connectivity index (χ0n) is 9.09. The summed E-state index contributed by atoms with van der Waals surface area (Å²) in [6.07, 6.45) is 10.9. The summed E-state index contributed by atoms with van der Waals surface area (Å²) in [5.41, 5.74) is 0.657. The Hall–Kier alpha value is -0.500. The van der Waals surface area contributed by atoms with Crippen molar-refractivity contribution in [3.8, 4) is 0 Å². The predicted octanol–water partition coefficient (Wildman–Crippen LogP) is 2.46. The predicted molar refractivity (Wildman–Crippen MR) is 58.1 cm³/mol. The highest BCUT2D eigenvalue weighted by Crippen LogP contribution is 2.47. The summed E-state index contributed by atoms with van der Waals surface area (Å²) in [5, 5.41) is 3.55. The summed E-state index contributed by atoms with van der Waals surface area (Å²) in [4.78, 5) is 0. The van der Waals surface area contributed by atoms with Crippen molar-refractivity contribution in [3.63, 3.8) is 0 Å². The number of nitrogens with one attached hydrogen (secondary N) is 1. The summed E-state index contributed by atoms with van der Waals surface area (Å²) >= 11 is 0. The lowest BCUT2D eigenvalue weighted by atomic mass is 10.0. The van der Waals surface area contributed by atoms with Crippen LogP contribution in [0.4, 0.5) is 0 Å². The zero-order valence-corrected chi connectivity index (χ0v) is 9.09. The third-order valence-corrected chi connectivity index (χ3v) is 3.60. The third kappa shape index (κ3) is 2.50. The van der Waals surface area contributed by atoms with Crippen LogP contribution in [0.2, 0.25) is 0 Å². The van der Waals surface area contributed by atoms with Gasteiger partial charge >= 0.3 is 0 Å². The smallest absolute Gasteiger partial charge is 0.110 e. The molecule has 1 N–H and O–H groups in total. The van der Waals surface area contributed by atoms with Crippen molar-refractivity contribution in [1.82, 2.24) is 5.32 Å². The molecule has 0 aromatic heterocycles. The molecular weight excluding hydrogens is 174 g/mol. The van der Waals surface area contributed by atoms with Crippen LogP contribution in [0.3, 0.4) is 0 Å². The number of rotatable bonds is 5. The number of hydrogen-bond acceptors (Lipinski definition) is 2. The Bertz CT molecular complexity index is 208. The zero-order chi connectivity index (χ0) is 9.86. The molecule has 0 radical (unpaired) electrons. The topological polar surface area (TPSA) is 21.3 Å². The van der Waals surface area contributed by atoms with Crippen molar-refractivity contribution in [1.29, 1.82) is 0 Å². The largest absolute Gasteiger partial charge is 0.497 e. The van der Waals surface area contributed by atoms with E-state index in [1.807, 2.05) is 6.26 Å². The van der Waals surface area contributed by atoms with E-state index in [1.165, 1.54) is 38.6 Å². The Morgan fingerprint density at radius 3 is 2.93 bits per heavy atom. The molecule has 0 bridgehead atoms. The van der Waals surface area contributed by atoms with E-state index >= 15 is 0 Å². The van der Waals surface area contributed by atoms with Gasteiger partial charge < -0.3 is 10.1 Å². The fraction of sp³-hybridized carbons (Fsp3) is 0.833. The highest BCUT2D eigenvalue weighted by Gasteiger charge is 2.39. The van der Waals surface area contributed by atoms with E-state index in [4.69, 9.17) is 4.74 Å². The minimum absolute atomic E-state index is 0.410. The lowest BCUT2D eigenvalue weighted by Crippen LogP contribution is -2.33. The summed E-state index contributed by atoms with van der Waals surface area (Å²) in [6, 6.07) is 0. The standard InChI is InChI=1S/C12H21NO/c1-2-12(6-7-12)10-13-9-11-5-3-4-8-14-11/h4,8,11,13H,2-3,5-7,9-10H2,1H3. The molecule has 2 aliphatic rings. The molecular formula is C12H21NO. The molecule has 0 spiro atoms. The molecule has 0 aromatic carbocycles. The third-order valence-electron chi connectivity index (χ3n) is 3.60. The quantitative estimate of drug-likeness (QED) is 0.727. The fourth-order valence-electron chi connectivity index (χ4n) is 2.07. The van der Waals surface area contributed by atoms with E-state index in [0.717, 1.165) is 6.54 Å². The van der Waals surface area contributed by atoms with Crippen LogP contribution >= 0.6 is 0 Å². The van der Waals surface area contributed by atoms with Crippen molar-refractivity contribution >= 4 is 0 Å². The fourth-order valence-corrected chi connectivity index (χ4v) is 2.07. The second kappa shape index (κ2) is 4.35.